The van der Waals surface area contributed by atoms with E-state index in [1.54, 1.807) is 0 Å². The monoisotopic (exact) mass is 377 g/mol. The lowest BCUT2D eigenvalue weighted by Gasteiger charge is -1.98. The standard InChI is InChI=1S/C14H11N5O4S2/c20-10(6-24-14-16-8-3-1-2-4-9(8)25-14)19-15-5-7-11(21)17-13(23)18-12(7)22/h1-5H,6H2,(H,19,20)(H3,17,18,21,22,23)/b15-5+. The molecule has 1 aromatic carbocycles. The Morgan fingerprint density at radius 3 is 2.92 bits per heavy atom. The molecular formula is C14H11N5O4S2. The number of nitrogens with zero attached hydrogens (tertiary/aromatic N) is 2. The summed E-state index contributed by atoms with van der Waals surface area (Å²) in [6.45, 7) is 0. The summed E-state index contributed by atoms with van der Waals surface area (Å²) in [5, 5.41) is 13.1. The van der Waals surface area contributed by atoms with Crippen LogP contribution in [-0.4, -0.2) is 37.9 Å². The van der Waals surface area contributed by atoms with Crippen LogP contribution in [0.5, 0.6) is 5.88 Å². The van der Waals surface area contributed by atoms with Gasteiger partial charge in [0.15, 0.2) is 4.34 Å². The Balaban J connectivity index is 1.58. The molecular weight excluding hydrogens is 366 g/mol. The van der Waals surface area contributed by atoms with Gasteiger partial charge in [-0.05, 0) is 12.1 Å². The molecule has 0 aliphatic heterocycles. The minimum absolute atomic E-state index is 0.0884. The number of fused-ring (bicyclic) bond motifs is 1. The summed E-state index contributed by atoms with van der Waals surface area (Å²) in [6.07, 6.45) is 0.949. The van der Waals surface area contributed by atoms with Crippen molar-refractivity contribution in [3.05, 3.63) is 50.7 Å². The van der Waals surface area contributed by atoms with E-state index < -0.39 is 23.0 Å². The van der Waals surface area contributed by atoms with Gasteiger partial charge in [0, 0.05) is 0 Å². The summed E-state index contributed by atoms with van der Waals surface area (Å²) in [4.78, 5) is 42.5. The Bertz CT molecular complexity index is 1040. The second-order valence-corrected chi connectivity index (χ2v) is 6.95. The summed E-state index contributed by atoms with van der Waals surface area (Å²) in [6, 6.07) is 7.67. The molecule has 0 unspecified atom stereocenters. The highest BCUT2D eigenvalue weighted by Crippen LogP contribution is 2.28. The van der Waals surface area contributed by atoms with Crippen LogP contribution in [0.3, 0.4) is 0 Å². The molecule has 3 rings (SSSR count). The lowest BCUT2D eigenvalue weighted by atomic mass is 10.3. The van der Waals surface area contributed by atoms with Crippen molar-refractivity contribution in [2.24, 2.45) is 5.10 Å². The van der Waals surface area contributed by atoms with Crippen LogP contribution in [0.1, 0.15) is 5.56 Å². The van der Waals surface area contributed by atoms with E-state index in [1.807, 2.05) is 34.2 Å². The van der Waals surface area contributed by atoms with Crippen LogP contribution in [0.4, 0.5) is 0 Å². The zero-order valence-corrected chi connectivity index (χ0v) is 14.1. The fourth-order valence-corrected chi connectivity index (χ4v) is 3.71. The molecule has 2 aromatic heterocycles. The van der Waals surface area contributed by atoms with Gasteiger partial charge < -0.3 is 5.11 Å². The highest BCUT2D eigenvalue weighted by Gasteiger charge is 2.08. The van der Waals surface area contributed by atoms with E-state index in [2.05, 4.69) is 15.5 Å². The molecule has 2 heterocycles. The Kier molecular flexibility index (Phi) is 4.95. The molecule has 11 heteroatoms. The van der Waals surface area contributed by atoms with E-state index in [1.165, 1.54) is 23.1 Å². The molecule has 4 N–H and O–H groups in total. The quantitative estimate of drug-likeness (QED) is 0.292. The van der Waals surface area contributed by atoms with Crippen molar-refractivity contribution in [1.82, 2.24) is 20.4 Å². The molecule has 1 amide bonds. The first-order valence-corrected chi connectivity index (χ1v) is 8.69. The number of benzene rings is 1. The van der Waals surface area contributed by atoms with Crippen LogP contribution in [-0.2, 0) is 4.79 Å². The maximum Gasteiger partial charge on any atom is 0.328 e. The molecule has 0 saturated heterocycles. The summed E-state index contributed by atoms with van der Waals surface area (Å²) >= 11 is 2.75. The maximum absolute atomic E-state index is 11.8. The van der Waals surface area contributed by atoms with Crippen molar-refractivity contribution in [2.45, 2.75) is 4.34 Å². The van der Waals surface area contributed by atoms with E-state index in [0.29, 0.717) is 0 Å². The molecule has 0 saturated carbocycles. The van der Waals surface area contributed by atoms with E-state index in [0.717, 1.165) is 20.8 Å². The number of hydrogen-bond acceptors (Lipinski definition) is 8. The second-order valence-electron chi connectivity index (χ2n) is 4.70. The van der Waals surface area contributed by atoms with Crippen molar-refractivity contribution >= 4 is 45.4 Å². The summed E-state index contributed by atoms with van der Waals surface area (Å²) in [7, 11) is 0. The maximum atomic E-state index is 11.8. The second kappa shape index (κ2) is 7.32. The first kappa shape index (κ1) is 16.9. The number of thioether (sulfide) groups is 1. The van der Waals surface area contributed by atoms with E-state index in [4.69, 9.17) is 0 Å². The number of hydrazone groups is 1. The van der Waals surface area contributed by atoms with Gasteiger partial charge >= 0.3 is 5.69 Å². The number of aromatic nitrogens is 3. The number of carbonyl (C=O) groups is 1. The average Bonchev–Trinajstić information content (AvgIpc) is 2.98. The Labute approximate surface area is 147 Å². The summed E-state index contributed by atoms with van der Waals surface area (Å²) < 4.78 is 1.80. The predicted octanol–water partition coefficient (Wildman–Crippen LogP) is 0.621. The van der Waals surface area contributed by atoms with Crippen molar-refractivity contribution in [3.8, 4) is 5.88 Å². The number of para-hydroxylation sites is 1. The molecule has 25 heavy (non-hydrogen) atoms. The van der Waals surface area contributed by atoms with Gasteiger partial charge in [0.2, 0.25) is 5.88 Å². The summed E-state index contributed by atoms with van der Waals surface area (Å²) in [5.41, 5.74) is 1.19. The Morgan fingerprint density at radius 1 is 1.36 bits per heavy atom. The van der Waals surface area contributed by atoms with Gasteiger partial charge in [-0.2, -0.15) is 5.10 Å². The minimum atomic E-state index is -0.837. The third kappa shape index (κ3) is 4.14. The van der Waals surface area contributed by atoms with Crippen molar-refractivity contribution < 1.29 is 9.90 Å². The summed E-state index contributed by atoms with van der Waals surface area (Å²) in [5.74, 6) is -0.943. The molecule has 0 aliphatic carbocycles. The Hall–Kier alpha value is -2.92. The molecule has 0 spiro atoms. The number of H-pyrrole nitrogens is 2. The van der Waals surface area contributed by atoms with Gasteiger partial charge in [0.25, 0.3) is 11.5 Å². The molecule has 0 bridgehead atoms. The highest BCUT2D eigenvalue weighted by molar-refractivity contribution is 8.01. The van der Waals surface area contributed by atoms with Crippen LogP contribution in [0.2, 0.25) is 0 Å². The SMILES string of the molecule is O=C(CSc1nc2ccccc2s1)N/N=C/c1c(O)[nH]c(=O)[nH]c1=O. The lowest BCUT2D eigenvalue weighted by Crippen LogP contribution is -2.26. The van der Waals surface area contributed by atoms with Gasteiger partial charge in [0.1, 0.15) is 5.56 Å². The van der Waals surface area contributed by atoms with Crippen LogP contribution >= 0.6 is 23.1 Å². The molecule has 0 atom stereocenters. The van der Waals surface area contributed by atoms with E-state index in [9.17, 15) is 19.5 Å². The smallest absolute Gasteiger partial charge is 0.328 e. The van der Waals surface area contributed by atoms with Gasteiger partial charge in [-0.15, -0.1) is 11.3 Å². The largest absolute Gasteiger partial charge is 0.494 e. The molecule has 3 aromatic rings. The number of rotatable bonds is 5. The van der Waals surface area contributed by atoms with Crippen molar-refractivity contribution in [1.29, 1.82) is 0 Å². The number of amides is 1. The zero-order valence-electron chi connectivity index (χ0n) is 12.5. The number of hydrogen-bond donors (Lipinski definition) is 4. The van der Waals surface area contributed by atoms with E-state index >= 15 is 0 Å². The predicted molar refractivity (Wildman–Crippen MR) is 95.4 cm³/mol. The molecule has 0 fully saturated rings. The van der Waals surface area contributed by atoms with Crippen molar-refractivity contribution in [2.75, 3.05) is 5.75 Å². The van der Waals surface area contributed by atoms with E-state index in [-0.39, 0.29) is 11.3 Å². The third-order valence-corrected chi connectivity index (χ3v) is 5.12. The van der Waals surface area contributed by atoms with Gasteiger partial charge in [-0.3, -0.25) is 19.6 Å². The van der Waals surface area contributed by atoms with Crippen LogP contribution in [0.15, 0.2) is 43.3 Å². The first-order chi connectivity index (χ1) is 12.0. The topological polar surface area (TPSA) is 140 Å². The third-order valence-electron chi connectivity index (χ3n) is 2.94. The average molecular weight is 377 g/mol. The van der Waals surface area contributed by atoms with Crippen LogP contribution in [0, 0.1) is 0 Å². The number of nitrogens with one attached hydrogen (secondary N) is 3. The van der Waals surface area contributed by atoms with Gasteiger partial charge in [-0.1, -0.05) is 23.9 Å². The normalized spacial score (nSPS) is 11.2. The zero-order chi connectivity index (χ0) is 17.8. The Morgan fingerprint density at radius 2 is 2.16 bits per heavy atom. The van der Waals surface area contributed by atoms with Crippen LogP contribution in [0.25, 0.3) is 10.2 Å². The van der Waals surface area contributed by atoms with Gasteiger partial charge in [-0.25, -0.2) is 15.2 Å². The fraction of sp³-hybridized carbons (Fsp3) is 0.0714. The first-order valence-electron chi connectivity index (χ1n) is 6.89. The molecule has 0 aliphatic rings. The highest BCUT2D eigenvalue weighted by atomic mass is 32.2. The fourth-order valence-electron chi connectivity index (χ4n) is 1.85. The number of aromatic amines is 2. The minimum Gasteiger partial charge on any atom is -0.494 e. The van der Waals surface area contributed by atoms with Crippen molar-refractivity contribution in [3.63, 3.8) is 0 Å². The molecule has 128 valence electrons. The molecule has 0 radical (unpaired) electrons. The lowest BCUT2D eigenvalue weighted by molar-refractivity contribution is -0.118. The van der Waals surface area contributed by atoms with Crippen LogP contribution < -0.4 is 16.7 Å². The molecule has 9 nitrogen and oxygen atoms in total. The number of aromatic hydroxyl groups is 1. The number of thiazole rings is 1. The number of carbonyl (C=O) groups excluding carboxylic acids is 1. The van der Waals surface area contributed by atoms with Gasteiger partial charge in [0.05, 0.1) is 22.2 Å².